The van der Waals surface area contributed by atoms with Gasteiger partial charge in [-0.3, -0.25) is 4.79 Å². The summed E-state index contributed by atoms with van der Waals surface area (Å²) < 4.78 is 0. The van der Waals surface area contributed by atoms with E-state index in [-0.39, 0.29) is 5.91 Å². The molecule has 1 atom stereocenters. The van der Waals surface area contributed by atoms with E-state index in [0.29, 0.717) is 12.5 Å². The van der Waals surface area contributed by atoms with Gasteiger partial charge >= 0.3 is 0 Å². The highest BCUT2D eigenvalue weighted by molar-refractivity contribution is 5.93. The monoisotopic (exact) mass is 252 g/mol. The second kappa shape index (κ2) is 3.98. The molecule has 0 saturated carbocycles. The first-order valence-corrected chi connectivity index (χ1v) is 6.90. The van der Waals surface area contributed by atoms with E-state index in [4.69, 9.17) is 0 Å². The van der Waals surface area contributed by atoms with Gasteiger partial charge in [-0.1, -0.05) is 24.3 Å². The molecule has 1 N–H and O–H groups in total. The van der Waals surface area contributed by atoms with Gasteiger partial charge < -0.3 is 9.88 Å². The highest BCUT2D eigenvalue weighted by Crippen LogP contribution is 2.29. The van der Waals surface area contributed by atoms with Crippen LogP contribution in [-0.2, 0) is 11.2 Å². The van der Waals surface area contributed by atoms with Gasteiger partial charge in [0.05, 0.1) is 12.5 Å². The lowest BCUT2D eigenvalue weighted by atomic mass is 10.0. The summed E-state index contributed by atoms with van der Waals surface area (Å²) in [4.78, 5) is 17.9. The van der Waals surface area contributed by atoms with Crippen LogP contribution in [0.4, 0.5) is 0 Å². The van der Waals surface area contributed by atoms with E-state index in [0.717, 1.165) is 36.2 Å². The van der Waals surface area contributed by atoms with Gasteiger partial charge in [0.1, 0.15) is 0 Å². The lowest BCUT2D eigenvalue weighted by Crippen LogP contribution is -2.36. The smallest absolute Gasteiger partial charge is 0.227 e. The number of benzene rings is 1. The van der Waals surface area contributed by atoms with Crippen molar-refractivity contribution in [2.45, 2.75) is 25.3 Å². The van der Waals surface area contributed by atoms with Crippen molar-refractivity contribution in [1.82, 2.24) is 9.88 Å². The van der Waals surface area contributed by atoms with Gasteiger partial charge in [0.15, 0.2) is 0 Å². The van der Waals surface area contributed by atoms with E-state index in [9.17, 15) is 4.79 Å². The lowest BCUT2D eigenvalue weighted by Gasteiger charge is -2.24. The van der Waals surface area contributed by atoms with Crippen LogP contribution in [0.25, 0.3) is 17.0 Å². The minimum atomic E-state index is 0.262. The Hall–Kier alpha value is -2.03. The molecule has 0 bridgehead atoms. The molecule has 1 fully saturated rings. The van der Waals surface area contributed by atoms with Crippen molar-refractivity contribution in [1.29, 1.82) is 0 Å². The Bertz CT molecular complexity index is 683. The van der Waals surface area contributed by atoms with Gasteiger partial charge in [0.2, 0.25) is 5.91 Å². The molecular formula is C16H16N2O. The van der Waals surface area contributed by atoms with Gasteiger partial charge in [-0.2, -0.15) is 0 Å². The van der Waals surface area contributed by atoms with Crippen LogP contribution in [0.3, 0.4) is 0 Å². The topological polar surface area (TPSA) is 36.1 Å². The maximum absolute atomic E-state index is 12.4. The molecule has 3 nitrogen and oxygen atoms in total. The van der Waals surface area contributed by atoms with Crippen LogP contribution < -0.4 is 0 Å². The number of hydrogen-bond donors (Lipinski definition) is 1. The molecule has 3 heteroatoms. The molecule has 1 unspecified atom stereocenters. The first kappa shape index (κ1) is 10.9. The molecule has 2 aliphatic rings. The minimum Gasteiger partial charge on any atom is -0.355 e. The van der Waals surface area contributed by atoms with E-state index >= 15 is 0 Å². The van der Waals surface area contributed by atoms with Crippen molar-refractivity contribution in [2.75, 3.05) is 6.54 Å². The largest absolute Gasteiger partial charge is 0.355 e. The SMILES string of the molecule is O=C1Cc2c([nH]c3ccccc23)/C=C\C2CCCN12. The third kappa shape index (κ3) is 1.61. The van der Waals surface area contributed by atoms with Crippen molar-refractivity contribution >= 4 is 22.9 Å². The average Bonchev–Trinajstić information content (AvgIpc) is 3.00. The minimum absolute atomic E-state index is 0.262. The predicted octanol–water partition coefficient (Wildman–Crippen LogP) is 2.73. The van der Waals surface area contributed by atoms with E-state index in [1.54, 1.807) is 0 Å². The Morgan fingerprint density at radius 3 is 3.11 bits per heavy atom. The Balaban J connectivity index is 1.89. The quantitative estimate of drug-likeness (QED) is 0.769. The number of nitrogens with zero attached hydrogens (tertiary/aromatic N) is 1. The van der Waals surface area contributed by atoms with Crippen molar-refractivity contribution in [3.8, 4) is 0 Å². The zero-order valence-electron chi connectivity index (χ0n) is 10.7. The molecule has 1 aromatic heterocycles. The standard InChI is InChI=1S/C16H16N2O/c19-16-10-13-12-5-1-2-6-14(12)17-15(13)8-7-11-4-3-9-18(11)16/h1-2,5-8,11,17H,3-4,9-10H2/b8-7-. The summed E-state index contributed by atoms with van der Waals surface area (Å²) in [7, 11) is 0. The molecule has 1 aromatic carbocycles. The Morgan fingerprint density at radius 2 is 2.16 bits per heavy atom. The molecule has 1 amide bonds. The van der Waals surface area contributed by atoms with E-state index < -0.39 is 0 Å². The number of rotatable bonds is 0. The fourth-order valence-corrected chi connectivity index (χ4v) is 3.32. The fourth-order valence-electron chi connectivity index (χ4n) is 3.32. The molecule has 96 valence electrons. The molecule has 0 radical (unpaired) electrons. The second-order valence-electron chi connectivity index (χ2n) is 5.40. The molecule has 0 spiro atoms. The van der Waals surface area contributed by atoms with Crippen LogP contribution in [0, 0.1) is 0 Å². The number of carbonyl (C=O) groups is 1. The van der Waals surface area contributed by atoms with Crippen LogP contribution in [0.1, 0.15) is 24.1 Å². The number of carbonyl (C=O) groups excluding carboxylic acids is 1. The second-order valence-corrected chi connectivity index (χ2v) is 5.40. The van der Waals surface area contributed by atoms with Crippen LogP contribution in [0.15, 0.2) is 30.3 Å². The summed E-state index contributed by atoms with van der Waals surface area (Å²) in [6.07, 6.45) is 7.07. The lowest BCUT2D eigenvalue weighted by molar-refractivity contribution is -0.130. The van der Waals surface area contributed by atoms with E-state index in [1.807, 2.05) is 17.0 Å². The molecule has 0 aliphatic carbocycles. The molecule has 1 saturated heterocycles. The highest BCUT2D eigenvalue weighted by atomic mass is 16.2. The third-order valence-corrected chi connectivity index (χ3v) is 4.28. The number of amides is 1. The van der Waals surface area contributed by atoms with Crippen molar-refractivity contribution in [3.63, 3.8) is 0 Å². The Labute approximate surface area is 111 Å². The molecule has 3 heterocycles. The molecule has 19 heavy (non-hydrogen) atoms. The van der Waals surface area contributed by atoms with Crippen LogP contribution in [0.5, 0.6) is 0 Å². The van der Waals surface area contributed by atoms with Gasteiger partial charge in [-0.15, -0.1) is 0 Å². The number of aromatic amines is 1. The summed E-state index contributed by atoms with van der Waals surface area (Å²) in [6.45, 7) is 0.908. The van der Waals surface area contributed by atoms with Crippen molar-refractivity contribution in [3.05, 3.63) is 41.6 Å². The summed E-state index contributed by atoms with van der Waals surface area (Å²) >= 11 is 0. The van der Waals surface area contributed by atoms with E-state index in [2.05, 4.69) is 29.3 Å². The van der Waals surface area contributed by atoms with E-state index in [1.165, 1.54) is 5.39 Å². The molecule has 4 rings (SSSR count). The first-order chi connectivity index (χ1) is 9.33. The Morgan fingerprint density at radius 1 is 1.26 bits per heavy atom. The summed E-state index contributed by atoms with van der Waals surface area (Å²) in [5, 5.41) is 1.17. The predicted molar refractivity (Wildman–Crippen MR) is 75.8 cm³/mol. The summed E-state index contributed by atoms with van der Waals surface area (Å²) in [5.74, 6) is 0.262. The van der Waals surface area contributed by atoms with Gasteiger partial charge in [0.25, 0.3) is 0 Å². The highest BCUT2D eigenvalue weighted by Gasteiger charge is 2.29. The average molecular weight is 252 g/mol. The normalized spacial score (nSPS) is 23.9. The fraction of sp³-hybridized carbons (Fsp3) is 0.312. The zero-order valence-corrected chi connectivity index (χ0v) is 10.7. The van der Waals surface area contributed by atoms with Crippen LogP contribution in [0.2, 0.25) is 0 Å². The molecule has 2 aromatic rings. The molecule has 2 aliphatic heterocycles. The van der Waals surface area contributed by atoms with Gasteiger partial charge in [-0.25, -0.2) is 0 Å². The molecular weight excluding hydrogens is 236 g/mol. The maximum Gasteiger partial charge on any atom is 0.227 e. The Kier molecular flexibility index (Phi) is 2.28. The number of fused-ring (bicyclic) bond motifs is 4. The number of aromatic nitrogens is 1. The maximum atomic E-state index is 12.4. The first-order valence-electron chi connectivity index (χ1n) is 6.90. The zero-order chi connectivity index (χ0) is 12.8. The summed E-state index contributed by atoms with van der Waals surface area (Å²) in [6, 6.07) is 8.51. The summed E-state index contributed by atoms with van der Waals surface area (Å²) in [5.41, 5.74) is 3.36. The third-order valence-electron chi connectivity index (χ3n) is 4.28. The van der Waals surface area contributed by atoms with Crippen LogP contribution in [-0.4, -0.2) is 28.4 Å². The van der Waals surface area contributed by atoms with Crippen molar-refractivity contribution < 1.29 is 4.79 Å². The number of H-pyrrole nitrogens is 1. The number of para-hydroxylation sites is 1. The number of hydrogen-bond acceptors (Lipinski definition) is 1. The van der Waals surface area contributed by atoms with Gasteiger partial charge in [-0.05, 0) is 30.5 Å². The van der Waals surface area contributed by atoms with Gasteiger partial charge in [0, 0.05) is 23.1 Å². The number of nitrogens with one attached hydrogen (secondary N) is 1. The van der Waals surface area contributed by atoms with Crippen molar-refractivity contribution in [2.24, 2.45) is 0 Å². The van der Waals surface area contributed by atoms with Crippen LogP contribution >= 0.6 is 0 Å².